The molecule has 1 saturated heterocycles. The molecule has 0 atom stereocenters. The van der Waals surface area contributed by atoms with Crippen LogP contribution in [0.1, 0.15) is 18.4 Å². The SMILES string of the molecule is O=C1CCN(Cc2ccc(F)cc2F)CC1. The smallest absolute Gasteiger partial charge is 0.135 e. The summed E-state index contributed by atoms with van der Waals surface area (Å²) in [6.07, 6.45) is 1.06. The Labute approximate surface area is 92.9 Å². The first-order valence-electron chi connectivity index (χ1n) is 5.33. The monoisotopic (exact) mass is 225 g/mol. The standard InChI is InChI=1S/C12H13F2NO/c13-10-2-1-9(12(14)7-10)8-15-5-3-11(16)4-6-15/h1-2,7H,3-6,8H2. The van der Waals surface area contributed by atoms with Crippen molar-refractivity contribution in [1.29, 1.82) is 0 Å². The van der Waals surface area contributed by atoms with E-state index in [-0.39, 0.29) is 5.78 Å². The zero-order chi connectivity index (χ0) is 11.5. The molecule has 0 radical (unpaired) electrons. The van der Waals surface area contributed by atoms with Gasteiger partial charge in [-0.2, -0.15) is 0 Å². The van der Waals surface area contributed by atoms with Crippen molar-refractivity contribution in [3.8, 4) is 0 Å². The predicted octanol–water partition coefficient (Wildman–Crippen LogP) is 2.13. The lowest BCUT2D eigenvalue weighted by atomic mass is 10.1. The first-order valence-corrected chi connectivity index (χ1v) is 5.33. The van der Waals surface area contributed by atoms with E-state index in [4.69, 9.17) is 0 Å². The highest BCUT2D eigenvalue weighted by atomic mass is 19.1. The first kappa shape index (κ1) is 11.2. The highest BCUT2D eigenvalue weighted by molar-refractivity contribution is 5.79. The number of carbonyl (C=O) groups excluding carboxylic acids is 1. The molecule has 1 heterocycles. The second-order valence-electron chi connectivity index (χ2n) is 4.05. The number of halogens is 2. The molecule has 1 fully saturated rings. The zero-order valence-electron chi connectivity index (χ0n) is 8.88. The minimum absolute atomic E-state index is 0.260. The lowest BCUT2D eigenvalue weighted by molar-refractivity contribution is -0.121. The van der Waals surface area contributed by atoms with E-state index in [1.807, 2.05) is 4.90 Å². The van der Waals surface area contributed by atoms with Gasteiger partial charge in [-0.1, -0.05) is 6.07 Å². The molecule has 1 aromatic rings. The van der Waals surface area contributed by atoms with Crippen LogP contribution in [-0.4, -0.2) is 23.8 Å². The van der Waals surface area contributed by atoms with Crippen LogP contribution in [0.4, 0.5) is 8.78 Å². The first-order chi connectivity index (χ1) is 7.65. The maximum absolute atomic E-state index is 13.3. The maximum atomic E-state index is 13.3. The summed E-state index contributed by atoms with van der Waals surface area (Å²) in [5, 5.41) is 0. The Morgan fingerprint density at radius 3 is 2.50 bits per heavy atom. The minimum Gasteiger partial charge on any atom is -0.300 e. The molecule has 0 spiro atoms. The average molecular weight is 225 g/mol. The van der Waals surface area contributed by atoms with Crippen LogP contribution in [0.25, 0.3) is 0 Å². The molecule has 0 unspecified atom stereocenters. The Morgan fingerprint density at radius 1 is 1.19 bits per heavy atom. The lowest BCUT2D eigenvalue weighted by Gasteiger charge is -2.25. The molecule has 16 heavy (non-hydrogen) atoms. The summed E-state index contributed by atoms with van der Waals surface area (Å²) in [6, 6.07) is 3.61. The van der Waals surface area contributed by atoms with Crippen molar-refractivity contribution < 1.29 is 13.6 Å². The van der Waals surface area contributed by atoms with Gasteiger partial charge in [0.25, 0.3) is 0 Å². The predicted molar refractivity (Wildman–Crippen MR) is 55.9 cm³/mol. The van der Waals surface area contributed by atoms with Gasteiger partial charge < -0.3 is 0 Å². The second-order valence-corrected chi connectivity index (χ2v) is 4.05. The molecule has 1 aliphatic rings. The molecule has 0 amide bonds. The fourth-order valence-electron chi connectivity index (χ4n) is 1.85. The normalized spacial score (nSPS) is 17.8. The Morgan fingerprint density at radius 2 is 1.88 bits per heavy atom. The van der Waals surface area contributed by atoms with E-state index in [0.29, 0.717) is 38.0 Å². The van der Waals surface area contributed by atoms with Crippen LogP contribution in [0, 0.1) is 11.6 Å². The van der Waals surface area contributed by atoms with Crippen LogP contribution in [0.15, 0.2) is 18.2 Å². The van der Waals surface area contributed by atoms with E-state index < -0.39 is 11.6 Å². The van der Waals surface area contributed by atoms with Gasteiger partial charge in [0.2, 0.25) is 0 Å². The quantitative estimate of drug-likeness (QED) is 0.768. The lowest BCUT2D eigenvalue weighted by Crippen LogP contribution is -2.33. The number of benzene rings is 1. The number of nitrogens with zero attached hydrogens (tertiary/aromatic N) is 1. The number of carbonyl (C=O) groups is 1. The molecule has 2 rings (SSSR count). The number of Topliss-reactive ketones (excluding diaryl/α,β-unsaturated/α-hetero) is 1. The van der Waals surface area contributed by atoms with Crippen molar-refractivity contribution >= 4 is 5.78 Å². The Kier molecular flexibility index (Phi) is 3.29. The van der Waals surface area contributed by atoms with E-state index in [2.05, 4.69) is 0 Å². The van der Waals surface area contributed by atoms with Gasteiger partial charge in [0.1, 0.15) is 17.4 Å². The Bertz CT molecular complexity index is 396. The van der Waals surface area contributed by atoms with Crippen molar-refractivity contribution in [1.82, 2.24) is 4.90 Å². The average Bonchev–Trinajstić information content (AvgIpc) is 2.25. The van der Waals surface area contributed by atoms with E-state index in [1.165, 1.54) is 12.1 Å². The zero-order valence-corrected chi connectivity index (χ0v) is 8.88. The molecule has 2 nitrogen and oxygen atoms in total. The molecule has 0 N–H and O–H groups in total. The van der Waals surface area contributed by atoms with Gasteiger partial charge in [-0.25, -0.2) is 8.78 Å². The van der Waals surface area contributed by atoms with Crippen molar-refractivity contribution in [3.05, 3.63) is 35.4 Å². The van der Waals surface area contributed by atoms with Gasteiger partial charge in [0.05, 0.1) is 0 Å². The highest BCUT2D eigenvalue weighted by Gasteiger charge is 2.17. The molecule has 0 aliphatic carbocycles. The number of hydrogen-bond acceptors (Lipinski definition) is 2. The molecule has 1 aromatic carbocycles. The summed E-state index contributed by atoms with van der Waals surface area (Å²) in [5.41, 5.74) is 0.482. The number of hydrogen-bond donors (Lipinski definition) is 0. The van der Waals surface area contributed by atoms with E-state index >= 15 is 0 Å². The molecular formula is C12H13F2NO. The fourth-order valence-corrected chi connectivity index (χ4v) is 1.85. The van der Waals surface area contributed by atoms with Gasteiger partial charge in [0, 0.05) is 44.1 Å². The Hall–Kier alpha value is -1.29. The molecule has 1 aliphatic heterocycles. The van der Waals surface area contributed by atoms with Crippen molar-refractivity contribution in [2.24, 2.45) is 0 Å². The van der Waals surface area contributed by atoms with Crippen molar-refractivity contribution in [2.45, 2.75) is 19.4 Å². The number of likely N-dealkylation sites (tertiary alicyclic amines) is 1. The third-order valence-electron chi connectivity index (χ3n) is 2.82. The maximum Gasteiger partial charge on any atom is 0.135 e. The second kappa shape index (κ2) is 4.70. The molecule has 86 valence electrons. The molecule has 0 saturated carbocycles. The van der Waals surface area contributed by atoms with Gasteiger partial charge >= 0.3 is 0 Å². The van der Waals surface area contributed by atoms with E-state index in [1.54, 1.807) is 0 Å². The minimum atomic E-state index is -0.560. The summed E-state index contributed by atoms with van der Waals surface area (Å²) in [4.78, 5) is 13.0. The number of rotatable bonds is 2. The summed E-state index contributed by atoms with van der Waals surface area (Å²) in [5.74, 6) is -0.817. The van der Waals surface area contributed by atoms with E-state index in [0.717, 1.165) is 6.07 Å². The molecular weight excluding hydrogens is 212 g/mol. The third kappa shape index (κ3) is 2.64. The van der Waals surface area contributed by atoms with Crippen molar-refractivity contribution in [3.63, 3.8) is 0 Å². The molecule has 0 bridgehead atoms. The van der Waals surface area contributed by atoms with Crippen LogP contribution < -0.4 is 0 Å². The van der Waals surface area contributed by atoms with Crippen LogP contribution in [0.3, 0.4) is 0 Å². The van der Waals surface area contributed by atoms with Gasteiger partial charge in [0.15, 0.2) is 0 Å². The fraction of sp³-hybridized carbons (Fsp3) is 0.417. The van der Waals surface area contributed by atoms with Gasteiger partial charge in [-0.3, -0.25) is 9.69 Å². The van der Waals surface area contributed by atoms with Crippen LogP contribution in [-0.2, 0) is 11.3 Å². The van der Waals surface area contributed by atoms with Crippen LogP contribution in [0.2, 0.25) is 0 Å². The Balaban J connectivity index is 2.01. The number of piperidine rings is 1. The molecule has 0 aromatic heterocycles. The topological polar surface area (TPSA) is 20.3 Å². The van der Waals surface area contributed by atoms with Gasteiger partial charge in [-0.05, 0) is 6.07 Å². The van der Waals surface area contributed by atoms with Crippen LogP contribution >= 0.6 is 0 Å². The highest BCUT2D eigenvalue weighted by Crippen LogP contribution is 2.14. The van der Waals surface area contributed by atoms with Gasteiger partial charge in [-0.15, -0.1) is 0 Å². The summed E-state index contributed by atoms with van der Waals surface area (Å²) >= 11 is 0. The summed E-state index contributed by atoms with van der Waals surface area (Å²) in [7, 11) is 0. The largest absolute Gasteiger partial charge is 0.300 e. The summed E-state index contributed by atoms with van der Waals surface area (Å²) < 4.78 is 26.0. The molecule has 4 heteroatoms. The summed E-state index contributed by atoms with van der Waals surface area (Å²) in [6.45, 7) is 1.77. The number of ketones is 1. The third-order valence-corrected chi connectivity index (χ3v) is 2.82. The van der Waals surface area contributed by atoms with Crippen molar-refractivity contribution in [2.75, 3.05) is 13.1 Å². The van der Waals surface area contributed by atoms with E-state index in [9.17, 15) is 13.6 Å². The van der Waals surface area contributed by atoms with Crippen LogP contribution in [0.5, 0.6) is 0 Å².